The van der Waals surface area contributed by atoms with Gasteiger partial charge in [0.05, 0.1) is 19.1 Å². The van der Waals surface area contributed by atoms with Crippen LogP contribution >= 0.6 is 11.3 Å². The van der Waals surface area contributed by atoms with Crippen molar-refractivity contribution in [1.82, 2.24) is 14.9 Å². The van der Waals surface area contributed by atoms with Crippen LogP contribution in [-0.4, -0.2) is 41.5 Å². The fourth-order valence-electron chi connectivity index (χ4n) is 3.88. The lowest BCUT2D eigenvalue weighted by atomic mass is 9.98. The summed E-state index contributed by atoms with van der Waals surface area (Å²) in [7, 11) is 3.27. The molecule has 4 rings (SSSR count). The number of amides is 1. The SMILES string of the molecule is COc1cc2c(cc1OC)CN(C(=O)c1sc3nc(C)nc(C)c3c1C)CC2. The normalized spacial score (nSPS) is 13.5. The van der Waals surface area contributed by atoms with Crippen LogP contribution in [0.15, 0.2) is 12.1 Å². The molecule has 0 spiro atoms. The minimum absolute atomic E-state index is 0.0537. The first-order valence-electron chi connectivity index (χ1n) is 9.20. The first-order valence-corrected chi connectivity index (χ1v) is 10.0. The molecule has 1 aliphatic rings. The van der Waals surface area contributed by atoms with Gasteiger partial charge in [0.25, 0.3) is 5.91 Å². The predicted molar refractivity (Wildman–Crippen MR) is 110 cm³/mol. The fraction of sp³-hybridized carbons (Fsp3) is 0.381. The second-order valence-electron chi connectivity index (χ2n) is 7.05. The summed E-state index contributed by atoms with van der Waals surface area (Å²) in [6, 6.07) is 3.99. The van der Waals surface area contributed by atoms with E-state index in [0.717, 1.165) is 49.9 Å². The number of carbonyl (C=O) groups is 1. The van der Waals surface area contributed by atoms with Gasteiger partial charge >= 0.3 is 0 Å². The molecule has 0 radical (unpaired) electrons. The molecule has 0 N–H and O–H groups in total. The number of benzene rings is 1. The Hall–Kier alpha value is -2.67. The maximum atomic E-state index is 13.3. The molecule has 1 amide bonds. The van der Waals surface area contributed by atoms with Crippen LogP contribution in [0.25, 0.3) is 10.2 Å². The van der Waals surface area contributed by atoms with Crippen LogP contribution in [0.4, 0.5) is 0 Å². The number of aryl methyl sites for hydroxylation is 3. The first-order chi connectivity index (χ1) is 13.4. The van der Waals surface area contributed by atoms with Gasteiger partial charge < -0.3 is 14.4 Å². The second-order valence-corrected chi connectivity index (χ2v) is 8.04. The van der Waals surface area contributed by atoms with Crippen molar-refractivity contribution in [3.8, 4) is 11.5 Å². The monoisotopic (exact) mass is 397 g/mol. The van der Waals surface area contributed by atoms with Crippen molar-refractivity contribution in [2.75, 3.05) is 20.8 Å². The number of nitrogens with zero attached hydrogens (tertiary/aromatic N) is 3. The zero-order valence-corrected chi connectivity index (χ0v) is 17.6. The average Bonchev–Trinajstić information content (AvgIpc) is 3.02. The van der Waals surface area contributed by atoms with Gasteiger partial charge in [0.1, 0.15) is 10.7 Å². The number of aromatic nitrogens is 2. The lowest BCUT2D eigenvalue weighted by Gasteiger charge is -2.29. The highest BCUT2D eigenvalue weighted by Crippen LogP contribution is 2.36. The van der Waals surface area contributed by atoms with Gasteiger partial charge in [-0.05, 0) is 56.0 Å². The molecule has 7 heteroatoms. The zero-order chi connectivity index (χ0) is 20.0. The molecule has 6 nitrogen and oxygen atoms in total. The molecule has 2 aromatic heterocycles. The average molecular weight is 398 g/mol. The molecule has 0 unspecified atom stereocenters. The van der Waals surface area contributed by atoms with E-state index in [-0.39, 0.29) is 5.91 Å². The summed E-state index contributed by atoms with van der Waals surface area (Å²) in [5.74, 6) is 2.21. The summed E-state index contributed by atoms with van der Waals surface area (Å²) >= 11 is 1.46. The van der Waals surface area contributed by atoms with Gasteiger partial charge in [0.15, 0.2) is 11.5 Å². The number of thiophene rings is 1. The number of fused-ring (bicyclic) bond motifs is 2. The number of hydrogen-bond donors (Lipinski definition) is 0. The number of methoxy groups -OCH3 is 2. The van der Waals surface area contributed by atoms with E-state index in [2.05, 4.69) is 9.97 Å². The highest BCUT2D eigenvalue weighted by atomic mass is 32.1. The second kappa shape index (κ2) is 7.05. The van der Waals surface area contributed by atoms with Gasteiger partial charge in [0.2, 0.25) is 0 Å². The van der Waals surface area contributed by atoms with Crippen molar-refractivity contribution in [3.63, 3.8) is 0 Å². The standard InChI is InChI=1S/C21H23N3O3S/c1-11-18-12(2)22-13(3)23-20(18)28-19(11)21(25)24-7-6-14-8-16(26-4)17(27-5)9-15(14)10-24/h8-9H,6-7,10H2,1-5H3. The maximum absolute atomic E-state index is 13.3. The molecular formula is C21H23N3O3S. The minimum atomic E-state index is 0.0537. The summed E-state index contributed by atoms with van der Waals surface area (Å²) in [5, 5.41) is 1.00. The van der Waals surface area contributed by atoms with E-state index in [4.69, 9.17) is 9.47 Å². The van der Waals surface area contributed by atoms with E-state index in [1.54, 1.807) is 14.2 Å². The molecule has 28 heavy (non-hydrogen) atoms. The first kappa shape index (κ1) is 18.7. The van der Waals surface area contributed by atoms with Crippen molar-refractivity contribution in [3.05, 3.63) is 45.2 Å². The summed E-state index contributed by atoms with van der Waals surface area (Å²) in [6.07, 6.45) is 0.795. The molecule has 1 aromatic carbocycles. The molecule has 1 aliphatic heterocycles. The van der Waals surface area contributed by atoms with Crippen LogP contribution in [0, 0.1) is 20.8 Å². The van der Waals surface area contributed by atoms with E-state index in [1.807, 2.05) is 37.8 Å². The van der Waals surface area contributed by atoms with Gasteiger partial charge in [-0.15, -0.1) is 11.3 Å². The van der Waals surface area contributed by atoms with Crippen LogP contribution in [0.5, 0.6) is 11.5 Å². The lowest BCUT2D eigenvalue weighted by Crippen LogP contribution is -2.35. The molecule has 0 saturated carbocycles. The van der Waals surface area contributed by atoms with Gasteiger partial charge in [0, 0.05) is 24.2 Å². The molecule has 3 aromatic rings. The van der Waals surface area contributed by atoms with Gasteiger partial charge in [-0.1, -0.05) is 0 Å². The van der Waals surface area contributed by atoms with Crippen molar-refractivity contribution in [2.45, 2.75) is 33.7 Å². The van der Waals surface area contributed by atoms with Crippen LogP contribution < -0.4 is 9.47 Å². The smallest absolute Gasteiger partial charge is 0.264 e. The third-order valence-electron chi connectivity index (χ3n) is 5.28. The molecule has 0 atom stereocenters. The number of rotatable bonds is 3. The summed E-state index contributed by atoms with van der Waals surface area (Å²) in [4.78, 5) is 25.8. The van der Waals surface area contributed by atoms with E-state index < -0.39 is 0 Å². The zero-order valence-electron chi connectivity index (χ0n) is 16.8. The Bertz CT molecular complexity index is 1090. The summed E-state index contributed by atoms with van der Waals surface area (Å²) in [5.41, 5.74) is 4.20. The lowest BCUT2D eigenvalue weighted by molar-refractivity contribution is 0.0739. The van der Waals surface area contributed by atoms with Crippen LogP contribution in [-0.2, 0) is 13.0 Å². The Labute approximate surface area is 168 Å². The predicted octanol–water partition coefficient (Wildman–Crippen LogP) is 3.83. The van der Waals surface area contributed by atoms with Crippen LogP contribution in [0.3, 0.4) is 0 Å². The Morgan fingerprint density at radius 2 is 1.75 bits per heavy atom. The Balaban J connectivity index is 1.68. The van der Waals surface area contributed by atoms with Gasteiger partial charge in [-0.3, -0.25) is 4.79 Å². The van der Waals surface area contributed by atoms with E-state index in [9.17, 15) is 4.79 Å². The van der Waals surface area contributed by atoms with Crippen molar-refractivity contribution in [1.29, 1.82) is 0 Å². The number of hydrogen-bond acceptors (Lipinski definition) is 6. The number of ether oxygens (including phenoxy) is 2. The highest BCUT2D eigenvalue weighted by molar-refractivity contribution is 7.20. The molecular weight excluding hydrogens is 374 g/mol. The number of carbonyl (C=O) groups excluding carboxylic acids is 1. The maximum Gasteiger partial charge on any atom is 0.264 e. The molecule has 0 bridgehead atoms. The van der Waals surface area contributed by atoms with Crippen molar-refractivity contribution >= 4 is 27.5 Å². The molecule has 3 heterocycles. The third kappa shape index (κ3) is 2.99. The van der Waals surface area contributed by atoms with E-state index in [0.29, 0.717) is 18.8 Å². The van der Waals surface area contributed by atoms with Crippen molar-refractivity contribution in [2.24, 2.45) is 0 Å². The summed E-state index contributed by atoms with van der Waals surface area (Å²) < 4.78 is 10.8. The Morgan fingerprint density at radius 1 is 1.07 bits per heavy atom. The molecule has 0 saturated heterocycles. The van der Waals surface area contributed by atoms with Crippen molar-refractivity contribution < 1.29 is 14.3 Å². The quantitative estimate of drug-likeness (QED) is 0.672. The highest BCUT2D eigenvalue weighted by Gasteiger charge is 2.27. The molecule has 0 aliphatic carbocycles. The van der Waals surface area contributed by atoms with E-state index >= 15 is 0 Å². The molecule has 146 valence electrons. The van der Waals surface area contributed by atoms with Gasteiger partial charge in [-0.25, -0.2) is 9.97 Å². The van der Waals surface area contributed by atoms with Gasteiger partial charge in [-0.2, -0.15) is 0 Å². The minimum Gasteiger partial charge on any atom is -0.493 e. The van der Waals surface area contributed by atoms with E-state index in [1.165, 1.54) is 16.9 Å². The van der Waals surface area contributed by atoms with Crippen LogP contribution in [0.2, 0.25) is 0 Å². The fourth-order valence-corrected chi connectivity index (χ4v) is 5.12. The summed E-state index contributed by atoms with van der Waals surface area (Å²) in [6.45, 7) is 7.09. The Morgan fingerprint density at radius 3 is 2.43 bits per heavy atom. The molecule has 0 fully saturated rings. The largest absolute Gasteiger partial charge is 0.493 e. The third-order valence-corrected chi connectivity index (χ3v) is 6.46. The van der Waals surface area contributed by atoms with Crippen LogP contribution in [0.1, 0.15) is 37.9 Å². The topological polar surface area (TPSA) is 64.6 Å². The Kier molecular flexibility index (Phi) is 4.71.